The molecule has 3 aromatic heterocycles. The molecule has 0 saturated heterocycles. The highest BCUT2D eigenvalue weighted by Gasteiger charge is 2.29. The maximum Gasteiger partial charge on any atom is 0.187 e. The predicted octanol–water partition coefficient (Wildman–Crippen LogP) is 2.08. The summed E-state index contributed by atoms with van der Waals surface area (Å²) in [6.07, 6.45) is 10.6. The lowest BCUT2D eigenvalue weighted by Crippen LogP contribution is -2.18. The van der Waals surface area contributed by atoms with Gasteiger partial charge in [0, 0.05) is 37.1 Å². The van der Waals surface area contributed by atoms with E-state index in [9.17, 15) is 10.1 Å². The molecule has 4 rings (SSSR count). The molecule has 1 aliphatic heterocycles. The van der Waals surface area contributed by atoms with Crippen LogP contribution in [0.1, 0.15) is 47.2 Å². The van der Waals surface area contributed by atoms with Gasteiger partial charge in [-0.1, -0.05) is 6.42 Å². The minimum atomic E-state index is -0.979. The average Bonchev–Trinajstić information content (AvgIpc) is 3.28. The summed E-state index contributed by atoms with van der Waals surface area (Å²) < 4.78 is 3.65. The third-order valence-corrected chi connectivity index (χ3v) is 4.59. The van der Waals surface area contributed by atoms with Gasteiger partial charge in [0.1, 0.15) is 18.0 Å². The third-order valence-electron chi connectivity index (χ3n) is 4.59. The Morgan fingerprint density at radius 2 is 2.15 bits per heavy atom. The number of hydrogen-bond donors (Lipinski definition) is 0. The molecule has 26 heavy (non-hydrogen) atoms. The van der Waals surface area contributed by atoms with Crippen molar-refractivity contribution in [2.24, 2.45) is 0 Å². The molecule has 1 atom stereocenters. The number of aromatic nitrogens is 6. The number of nitrogens with zero attached hydrogens (tertiary/aromatic N) is 7. The van der Waals surface area contributed by atoms with Crippen LogP contribution in [0.25, 0.3) is 5.82 Å². The largest absolute Gasteiger partial charge is 0.313 e. The standard InChI is InChI=1S/C18H17N7O/c19-11-14(18-23-22-15-4-2-1-3-8-25(15)18)17(26)13-5-6-21-16(10-13)24-9-7-20-12-24/h5-7,9-10,12,14H,1-4,8H2/t14-/m1/s1. The van der Waals surface area contributed by atoms with Crippen molar-refractivity contribution in [3.05, 3.63) is 54.3 Å². The quantitative estimate of drug-likeness (QED) is 0.670. The number of imidazole rings is 1. The van der Waals surface area contributed by atoms with Crippen LogP contribution in [0.4, 0.5) is 0 Å². The molecule has 8 nitrogen and oxygen atoms in total. The van der Waals surface area contributed by atoms with Gasteiger partial charge in [0.2, 0.25) is 0 Å². The molecule has 0 amide bonds. The molecule has 0 saturated carbocycles. The Morgan fingerprint density at radius 3 is 2.96 bits per heavy atom. The van der Waals surface area contributed by atoms with Gasteiger partial charge in [0.05, 0.1) is 6.07 Å². The molecule has 8 heteroatoms. The third kappa shape index (κ3) is 2.88. The lowest BCUT2D eigenvalue weighted by Gasteiger charge is -2.11. The fraction of sp³-hybridized carbons (Fsp3) is 0.333. The van der Waals surface area contributed by atoms with Crippen molar-refractivity contribution in [1.82, 2.24) is 29.3 Å². The Labute approximate surface area is 150 Å². The average molecular weight is 347 g/mol. The lowest BCUT2D eigenvalue weighted by molar-refractivity contribution is 0.0974. The van der Waals surface area contributed by atoms with Crippen molar-refractivity contribution in [3.8, 4) is 11.9 Å². The van der Waals surface area contributed by atoms with E-state index < -0.39 is 5.92 Å². The molecule has 0 aromatic carbocycles. The molecule has 0 aliphatic carbocycles. The van der Waals surface area contributed by atoms with Crippen molar-refractivity contribution >= 4 is 5.78 Å². The fourth-order valence-electron chi connectivity index (χ4n) is 3.23. The van der Waals surface area contributed by atoms with Gasteiger partial charge in [0.15, 0.2) is 17.5 Å². The van der Waals surface area contributed by atoms with Crippen molar-refractivity contribution in [3.63, 3.8) is 0 Å². The minimum Gasteiger partial charge on any atom is -0.313 e. The first-order valence-corrected chi connectivity index (χ1v) is 8.58. The highest BCUT2D eigenvalue weighted by atomic mass is 16.1. The van der Waals surface area contributed by atoms with E-state index in [1.165, 1.54) is 0 Å². The highest BCUT2D eigenvalue weighted by molar-refractivity contribution is 6.02. The van der Waals surface area contributed by atoms with E-state index in [4.69, 9.17) is 0 Å². The second-order valence-corrected chi connectivity index (χ2v) is 6.24. The van der Waals surface area contributed by atoms with Gasteiger partial charge in [0.25, 0.3) is 0 Å². The van der Waals surface area contributed by atoms with Gasteiger partial charge < -0.3 is 4.57 Å². The van der Waals surface area contributed by atoms with E-state index in [2.05, 4.69) is 26.2 Å². The van der Waals surface area contributed by atoms with Crippen molar-refractivity contribution in [2.75, 3.05) is 0 Å². The summed E-state index contributed by atoms with van der Waals surface area (Å²) in [5.41, 5.74) is 0.418. The number of Topliss-reactive ketones (excluding diaryl/α,β-unsaturated/α-hetero) is 1. The first kappa shape index (κ1) is 16.1. The zero-order chi connectivity index (χ0) is 17.9. The van der Waals surface area contributed by atoms with E-state index in [0.717, 1.165) is 38.1 Å². The number of aryl methyl sites for hydroxylation is 1. The lowest BCUT2D eigenvalue weighted by atomic mass is 9.98. The summed E-state index contributed by atoms with van der Waals surface area (Å²) in [4.78, 5) is 21.2. The van der Waals surface area contributed by atoms with Gasteiger partial charge in [-0.3, -0.25) is 9.36 Å². The maximum atomic E-state index is 13.0. The van der Waals surface area contributed by atoms with Crippen LogP contribution in [0, 0.1) is 11.3 Å². The van der Waals surface area contributed by atoms with E-state index in [-0.39, 0.29) is 5.78 Å². The zero-order valence-electron chi connectivity index (χ0n) is 14.1. The number of carbonyl (C=O) groups is 1. The van der Waals surface area contributed by atoms with Crippen LogP contribution in [0.15, 0.2) is 37.1 Å². The van der Waals surface area contributed by atoms with E-state index >= 15 is 0 Å². The van der Waals surface area contributed by atoms with Crippen LogP contribution in [0.3, 0.4) is 0 Å². The molecule has 4 heterocycles. The normalized spacial score (nSPS) is 14.9. The summed E-state index contributed by atoms with van der Waals surface area (Å²) in [5.74, 6) is 0.600. The maximum absolute atomic E-state index is 13.0. The monoisotopic (exact) mass is 347 g/mol. The van der Waals surface area contributed by atoms with Crippen LogP contribution in [-0.4, -0.2) is 35.1 Å². The smallest absolute Gasteiger partial charge is 0.187 e. The molecule has 1 aliphatic rings. The molecule has 0 unspecified atom stereocenters. The predicted molar refractivity (Wildman–Crippen MR) is 91.6 cm³/mol. The molecule has 0 fully saturated rings. The van der Waals surface area contributed by atoms with Crippen molar-refractivity contribution in [1.29, 1.82) is 5.26 Å². The van der Waals surface area contributed by atoms with E-state index in [1.807, 2.05) is 4.57 Å². The van der Waals surface area contributed by atoms with Gasteiger partial charge >= 0.3 is 0 Å². The molecule has 0 N–H and O–H groups in total. The molecule has 0 spiro atoms. The van der Waals surface area contributed by atoms with Crippen LogP contribution >= 0.6 is 0 Å². The van der Waals surface area contributed by atoms with Gasteiger partial charge in [-0.15, -0.1) is 10.2 Å². The van der Waals surface area contributed by atoms with Crippen LogP contribution in [0.5, 0.6) is 0 Å². The number of hydrogen-bond acceptors (Lipinski definition) is 6. The van der Waals surface area contributed by atoms with Gasteiger partial charge in [-0.05, 0) is 25.0 Å². The molecular weight excluding hydrogens is 330 g/mol. The highest BCUT2D eigenvalue weighted by Crippen LogP contribution is 2.23. The van der Waals surface area contributed by atoms with E-state index in [1.54, 1.807) is 41.6 Å². The van der Waals surface area contributed by atoms with Crippen molar-refractivity contribution in [2.45, 2.75) is 38.1 Å². The van der Waals surface area contributed by atoms with Crippen LogP contribution < -0.4 is 0 Å². The Hall–Kier alpha value is -3.34. The number of rotatable bonds is 4. The Kier molecular flexibility index (Phi) is 4.27. The number of pyridine rings is 1. The number of ketones is 1. The summed E-state index contributed by atoms with van der Waals surface area (Å²) in [5, 5.41) is 18.0. The molecule has 3 aromatic rings. The molecule has 130 valence electrons. The van der Waals surface area contributed by atoms with Crippen LogP contribution in [0.2, 0.25) is 0 Å². The first-order chi connectivity index (χ1) is 12.8. The summed E-state index contributed by atoms with van der Waals surface area (Å²) in [6.45, 7) is 0.750. The second-order valence-electron chi connectivity index (χ2n) is 6.24. The summed E-state index contributed by atoms with van der Waals surface area (Å²) >= 11 is 0. The number of fused-ring (bicyclic) bond motifs is 1. The Bertz CT molecular complexity index is 968. The summed E-state index contributed by atoms with van der Waals surface area (Å²) in [6, 6.07) is 5.39. The first-order valence-electron chi connectivity index (χ1n) is 8.58. The SMILES string of the molecule is N#C[C@H](C(=O)c1ccnc(-n2ccnc2)c1)c1nnc2n1CCCCC2. The molecular formula is C18H17N7O. The Morgan fingerprint density at radius 1 is 1.23 bits per heavy atom. The van der Waals surface area contributed by atoms with Crippen LogP contribution in [-0.2, 0) is 13.0 Å². The van der Waals surface area contributed by atoms with E-state index in [0.29, 0.717) is 17.2 Å². The number of nitriles is 1. The fourth-order valence-corrected chi connectivity index (χ4v) is 3.23. The second kappa shape index (κ2) is 6.88. The molecule has 0 radical (unpaired) electrons. The minimum absolute atomic E-state index is 0.296. The topological polar surface area (TPSA) is 102 Å². The number of carbonyl (C=O) groups excluding carboxylic acids is 1. The van der Waals surface area contributed by atoms with Gasteiger partial charge in [-0.25, -0.2) is 9.97 Å². The summed E-state index contributed by atoms with van der Waals surface area (Å²) in [7, 11) is 0. The van der Waals surface area contributed by atoms with Crippen molar-refractivity contribution < 1.29 is 4.79 Å². The Balaban J connectivity index is 1.68. The van der Waals surface area contributed by atoms with Gasteiger partial charge in [-0.2, -0.15) is 5.26 Å². The zero-order valence-corrected chi connectivity index (χ0v) is 14.1. The molecule has 0 bridgehead atoms.